The van der Waals surface area contributed by atoms with Gasteiger partial charge in [0.25, 0.3) is 5.91 Å². The first-order valence-electron chi connectivity index (χ1n) is 8.84. The van der Waals surface area contributed by atoms with Gasteiger partial charge >= 0.3 is 0 Å². The lowest BCUT2D eigenvalue weighted by Gasteiger charge is -2.22. The molecule has 0 radical (unpaired) electrons. The van der Waals surface area contributed by atoms with Crippen molar-refractivity contribution < 1.29 is 4.79 Å². The molecule has 0 unspecified atom stereocenters. The highest BCUT2D eigenvalue weighted by Crippen LogP contribution is 2.19. The second kappa shape index (κ2) is 7.85. The van der Waals surface area contributed by atoms with Gasteiger partial charge in [-0.15, -0.1) is 0 Å². The fourth-order valence-corrected chi connectivity index (χ4v) is 3.37. The van der Waals surface area contributed by atoms with E-state index >= 15 is 0 Å². The van der Waals surface area contributed by atoms with Crippen molar-refractivity contribution in [3.05, 3.63) is 59.4 Å². The van der Waals surface area contributed by atoms with Crippen LogP contribution in [0.15, 0.2) is 48.2 Å². The van der Waals surface area contributed by atoms with Crippen LogP contribution >= 0.6 is 0 Å². The Hall–Kier alpha value is -2.80. The monoisotopic (exact) mass is 333 g/mol. The Morgan fingerprint density at radius 1 is 1.24 bits per heavy atom. The molecular formula is C21H23N3O. The number of hydrogen-bond acceptors (Lipinski definition) is 2. The van der Waals surface area contributed by atoms with Crippen molar-refractivity contribution in [1.82, 2.24) is 9.88 Å². The first-order valence-corrected chi connectivity index (χ1v) is 8.84. The molecule has 25 heavy (non-hydrogen) atoms. The number of carbonyl (C=O) groups excluding carboxylic acids is 1. The first kappa shape index (κ1) is 17.0. The SMILES string of the molecule is Cc1cc(/C=C(\C#N)C(=O)NC2CCCCC2)cn1-c1ccccc1. The van der Waals surface area contributed by atoms with E-state index in [0.717, 1.165) is 42.6 Å². The number of aryl methyl sites for hydroxylation is 1. The fraction of sp³-hybridized carbons (Fsp3) is 0.333. The van der Waals surface area contributed by atoms with Gasteiger partial charge in [0.1, 0.15) is 11.6 Å². The van der Waals surface area contributed by atoms with E-state index in [4.69, 9.17) is 0 Å². The Balaban J connectivity index is 1.78. The summed E-state index contributed by atoms with van der Waals surface area (Å²) in [7, 11) is 0. The highest BCUT2D eigenvalue weighted by Gasteiger charge is 2.18. The minimum absolute atomic E-state index is 0.163. The van der Waals surface area contributed by atoms with Crippen molar-refractivity contribution >= 4 is 12.0 Å². The lowest BCUT2D eigenvalue weighted by Crippen LogP contribution is -2.36. The zero-order valence-electron chi connectivity index (χ0n) is 14.5. The number of carbonyl (C=O) groups is 1. The minimum atomic E-state index is -0.264. The third-order valence-electron chi connectivity index (χ3n) is 4.68. The lowest BCUT2D eigenvalue weighted by molar-refractivity contribution is -0.117. The van der Waals surface area contributed by atoms with Crippen LogP contribution in [0.2, 0.25) is 0 Å². The zero-order chi connectivity index (χ0) is 17.6. The van der Waals surface area contributed by atoms with Crippen molar-refractivity contribution in [3.63, 3.8) is 0 Å². The summed E-state index contributed by atoms with van der Waals surface area (Å²) >= 11 is 0. The third-order valence-corrected chi connectivity index (χ3v) is 4.68. The topological polar surface area (TPSA) is 57.8 Å². The van der Waals surface area contributed by atoms with E-state index in [-0.39, 0.29) is 17.5 Å². The van der Waals surface area contributed by atoms with E-state index in [1.165, 1.54) is 6.42 Å². The summed E-state index contributed by atoms with van der Waals surface area (Å²) in [5.41, 5.74) is 3.14. The number of rotatable bonds is 4. The molecule has 1 aliphatic rings. The summed E-state index contributed by atoms with van der Waals surface area (Å²) in [6.45, 7) is 2.01. The van der Waals surface area contributed by atoms with Crippen LogP contribution in [0.1, 0.15) is 43.4 Å². The number of nitrogens with zero attached hydrogens (tertiary/aromatic N) is 2. The number of nitrogens with one attached hydrogen (secondary N) is 1. The van der Waals surface area contributed by atoms with Gasteiger partial charge in [-0.1, -0.05) is 37.5 Å². The Morgan fingerprint density at radius 2 is 1.96 bits per heavy atom. The van der Waals surface area contributed by atoms with Gasteiger partial charge < -0.3 is 9.88 Å². The van der Waals surface area contributed by atoms with E-state index in [2.05, 4.69) is 9.88 Å². The third kappa shape index (κ3) is 4.19. The highest BCUT2D eigenvalue weighted by molar-refractivity contribution is 6.01. The van der Waals surface area contributed by atoms with Gasteiger partial charge in [0.2, 0.25) is 0 Å². The average Bonchev–Trinajstić information content (AvgIpc) is 3.01. The van der Waals surface area contributed by atoms with Gasteiger partial charge in [-0.3, -0.25) is 4.79 Å². The van der Waals surface area contributed by atoms with Gasteiger partial charge in [-0.25, -0.2) is 0 Å². The van der Waals surface area contributed by atoms with Crippen LogP contribution in [0.5, 0.6) is 0 Å². The quantitative estimate of drug-likeness (QED) is 0.675. The number of aromatic nitrogens is 1. The minimum Gasteiger partial charge on any atom is -0.349 e. The molecule has 128 valence electrons. The largest absolute Gasteiger partial charge is 0.349 e. The number of amides is 1. The normalized spacial score (nSPS) is 15.6. The maximum absolute atomic E-state index is 12.4. The van der Waals surface area contributed by atoms with Crippen molar-refractivity contribution in [2.24, 2.45) is 0 Å². The molecule has 1 heterocycles. The van der Waals surface area contributed by atoms with Crippen LogP contribution in [-0.4, -0.2) is 16.5 Å². The van der Waals surface area contributed by atoms with Crippen LogP contribution < -0.4 is 5.32 Å². The molecule has 0 spiro atoms. The molecule has 3 rings (SSSR count). The predicted molar refractivity (Wildman–Crippen MR) is 99.1 cm³/mol. The number of nitriles is 1. The molecule has 1 amide bonds. The maximum Gasteiger partial charge on any atom is 0.262 e. The Morgan fingerprint density at radius 3 is 2.64 bits per heavy atom. The van der Waals surface area contributed by atoms with E-state index in [9.17, 15) is 10.1 Å². The van der Waals surface area contributed by atoms with Crippen molar-refractivity contribution in [2.45, 2.75) is 45.1 Å². The molecule has 0 saturated heterocycles. The molecule has 4 heteroatoms. The van der Waals surface area contributed by atoms with Gasteiger partial charge in [0, 0.05) is 23.6 Å². The summed E-state index contributed by atoms with van der Waals surface area (Å²) in [5.74, 6) is -0.264. The van der Waals surface area contributed by atoms with E-state index < -0.39 is 0 Å². The molecule has 4 nitrogen and oxygen atoms in total. The molecule has 1 aromatic carbocycles. The lowest BCUT2D eigenvalue weighted by atomic mass is 9.95. The van der Waals surface area contributed by atoms with Crippen LogP contribution in [0, 0.1) is 18.3 Å². The van der Waals surface area contributed by atoms with E-state index in [0.29, 0.717) is 0 Å². The van der Waals surface area contributed by atoms with Crippen LogP contribution in [0.25, 0.3) is 11.8 Å². The second-order valence-electron chi connectivity index (χ2n) is 6.60. The van der Waals surface area contributed by atoms with E-state index in [1.54, 1.807) is 6.08 Å². The van der Waals surface area contributed by atoms with Gasteiger partial charge in [-0.2, -0.15) is 5.26 Å². The van der Waals surface area contributed by atoms with Crippen LogP contribution in [0.3, 0.4) is 0 Å². The highest BCUT2D eigenvalue weighted by atomic mass is 16.1. The molecule has 0 aliphatic heterocycles. The number of hydrogen-bond donors (Lipinski definition) is 1. The summed E-state index contributed by atoms with van der Waals surface area (Å²) in [6.07, 6.45) is 9.17. The summed E-state index contributed by atoms with van der Waals surface area (Å²) in [6, 6.07) is 14.2. The van der Waals surface area contributed by atoms with Crippen LogP contribution in [0.4, 0.5) is 0 Å². The van der Waals surface area contributed by atoms with Gasteiger partial charge in [-0.05, 0) is 49.6 Å². The average molecular weight is 333 g/mol. The molecule has 1 fully saturated rings. The molecular weight excluding hydrogens is 310 g/mol. The zero-order valence-corrected chi connectivity index (χ0v) is 14.5. The molecule has 2 aromatic rings. The maximum atomic E-state index is 12.4. The Kier molecular flexibility index (Phi) is 5.35. The van der Waals surface area contributed by atoms with Crippen LogP contribution in [-0.2, 0) is 4.79 Å². The summed E-state index contributed by atoms with van der Waals surface area (Å²) < 4.78 is 2.06. The standard InChI is InChI=1S/C21H23N3O/c1-16-12-17(15-24(16)20-10-6-3-7-11-20)13-18(14-22)21(25)23-19-8-4-2-5-9-19/h3,6-7,10-13,15,19H,2,4-5,8-9H2,1H3,(H,23,25)/b18-13+. The number of para-hydroxylation sites is 1. The molecule has 1 aliphatic carbocycles. The van der Waals surface area contributed by atoms with E-state index in [1.807, 2.05) is 55.6 Å². The summed E-state index contributed by atoms with van der Waals surface area (Å²) in [5, 5.41) is 12.4. The first-order chi connectivity index (χ1) is 12.2. The molecule has 0 atom stereocenters. The van der Waals surface area contributed by atoms with Gasteiger partial charge in [0.15, 0.2) is 0 Å². The molecule has 1 N–H and O–H groups in total. The van der Waals surface area contributed by atoms with Crippen molar-refractivity contribution in [3.8, 4) is 11.8 Å². The molecule has 1 saturated carbocycles. The van der Waals surface area contributed by atoms with Crippen molar-refractivity contribution in [1.29, 1.82) is 5.26 Å². The number of benzene rings is 1. The Labute approximate surface area is 148 Å². The second-order valence-corrected chi connectivity index (χ2v) is 6.60. The fourth-order valence-electron chi connectivity index (χ4n) is 3.37. The van der Waals surface area contributed by atoms with Gasteiger partial charge in [0.05, 0.1) is 0 Å². The predicted octanol–water partition coefficient (Wildman–Crippen LogP) is 4.14. The summed E-state index contributed by atoms with van der Waals surface area (Å²) in [4.78, 5) is 12.4. The smallest absolute Gasteiger partial charge is 0.262 e. The molecule has 0 bridgehead atoms. The molecule has 1 aromatic heterocycles. The Bertz CT molecular complexity index is 805. The van der Waals surface area contributed by atoms with Crippen molar-refractivity contribution in [2.75, 3.05) is 0 Å².